The van der Waals surface area contributed by atoms with Crippen LogP contribution in [0.5, 0.6) is 0 Å². The maximum atomic E-state index is 12.4. The second-order valence-electron chi connectivity index (χ2n) is 28.9. The predicted octanol–water partition coefficient (Wildman–Crippen LogP) is 30.1. The lowest BCUT2D eigenvalue weighted by Crippen LogP contribution is -2.28. The van der Waals surface area contributed by atoms with Gasteiger partial charge >= 0.3 is 11.9 Å². The SMILES string of the molecule is CC/C=C\C/C=C\C/C=C\C/C=C\C/C=C\CCCCCCCCCCCCCCCCCCCCCCCCCCCC(=O)OC(CO)COC(=O)CCCCCCCCCCCCCCCCCCCCCCCCCCCCC/C=C\CCCCCCCCCC. The summed E-state index contributed by atoms with van der Waals surface area (Å²) in [5.41, 5.74) is 0. The Morgan fingerprint density at radius 2 is 0.457 bits per heavy atom. The molecule has 0 aliphatic heterocycles. The molecule has 0 aliphatic rings. The zero-order chi connectivity index (χ0) is 67.5. The van der Waals surface area contributed by atoms with E-state index in [0.29, 0.717) is 12.8 Å². The summed E-state index contributed by atoms with van der Waals surface area (Å²) >= 11 is 0. The largest absolute Gasteiger partial charge is 0.462 e. The van der Waals surface area contributed by atoms with Gasteiger partial charge in [0.15, 0.2) is 6.10 Å². The van der Waals surface area contributed by atoms with Crippen molar-refractivity contribution >= 4 is 11.9 Å². The quantitative estimate of drug-likeness (QED) is 0.0373. The number of aliphatic hydroxyl groups excluding tert-OH is 1. The molecule has 5 nitrogen and oxygen atoms in total. The Morgan fingerprint density at radius 3 is 0.702 bits per heavy atom. The van der Waals surface area contributed by atoms with Crippen molar-refractivity contribution in [1.29, 1.82) is 0 Å². The molecule has 1 atom stereocenters. The Morgan fingerprint density at radius 1 is 0.255 bits per heavy atom. The van der Waals surface area contributed by atoms with Crippen LogP contribution in [-0.4, -0.2) is 36.4 Å². The third kappa shape index (κ3) is 81.8. The van der Waals surface area contributed by atoms with Gasteiger partial charge in [-0.15, -0.1) is 0 Å². The number of hydrogen-bond acceptors (Lipinski definition) is 5. The Labute approximate surface area is 588 Å². The Bertz CT molecular complexity index is 1640. The summed E-state index contributed by atoms with van der Waals surface area (Å²) in [5.74, 6) is -0.563. The molecule has 0 saturated heterocycles. The molecule has 5 heteroatoms. The van der Waals surface area contributed by atoms with Crippen LogP contribution in [0.15, 0.2) is 72.9 Å². The normalized spacial score (nSPS) is 12.5. The fraction of sp³-hybridized carbons (Fsp3) is 0.843. The van der Waals surface area contributed by atoms with Gasteiger partial charge in [-0.3, -0.25) is 9.59 Å². The average molecular weight is 1310 g/mol. The van der Waals surface area contributed by atoms with Crippen LogP contribution in [0.1, 0.15) is 463 Å². The number of esters is 2. The highest BCUT2D eigenvalue weighted by atomic mass is 16.6. The summed E-state index contributed by atoms with van der Waals surface area (Å²) in [6, 6.07) is 0. The molecule has 0 aromatic carbocycles. The number of rotatable bonds is 80. The predicted molar refractivity (Wildman–Crippen MR) is 417 cm³/mol. The van der Waals surface area contributed by atoms with E-state index in [2.05, 4.69) is 86.8 Å². The van der Waals surface area contributed by atoms with E-state index >= 15 is 0 Å². The molecular weight excluding hydrogens is 1150 g/mol. The molecule has 0 radical (unpaired) electrons. The Kier molecular flexibility index (Phi) is 82.2. The molecule has 0 saturated carbocycles. The van der Waals surface area contributed by atoms with Gasteiger partial charge in [0.1, 0.15) is 6.61 Å². The molecule has 94 heavy (non-hydrogen) atoms. The van der Waals surface area contributed by atoms with Gasteiger partial charge < -0.3 is 14.6 Å². The van der Waals surface area contributed by atoms with Gasteiger partial charge in [-0.1, -0.05) is 440 Å². The molecule has 0 heterocycles. The van der Waals surface area contributed by atoms with Crippen LogP contribution >= 0.6 is 0 Å². The second kappa shape index (κ2) is 84.6. The van der Waals surface area contributed by atoms with Crippen LogP contribution in [0.2, 0.25) is 0 Å². The maximum absolute atomic E-state index is 12.4. The fourth-order valence-electron chi connectivity index (χ4n) is 13.2. The first-order valence-electron chi connectivity index (χ1n) is 42.5. The zero-order valence-corrected chi connectivity index (χ0v) is 63.5. The van der Waals surface area contributed by atoms with Crippen molar-refractivity contribution in [3.8, 4) is 0 Å². The van der Waals surface area contributed by atoms with Crippen LogP contribution in [0.3, 0.4) is 0 Å². The molecule has 0 spiro atoms. The molecular formula is C89H164O5. The Balaban J connectivity index is 3.36. The molecule has 1 N–H and O–H groups in total. The van der Waals surface area contributed by atoms with Crippen LogP contribution in [0.4, 0.5) is 0 Å². The molecule has 0 aliphatic carbocycles. The lowest BCUT2D eigenvalue weighted by molar-refractivity contribution is -0.161. The van der Waals surface area contributed by atoms with Gasteiger partial charge in [-0.05, 0) is 83.5 Å². The molecule has 0 amide bonds. The minimum absolute atomic E-state index is 0.0594. The summed E-state index contributed by atoms with van der Waals surface area (Å²) in [5, 5.41) is 9.74. The Hall–Kier alpha value is -2.66. The van der Waals surface area contributed by atoms with Crippen molar-refractivity contribution < 1.29 is 24.2 Å². The first kappa shape index (κ1) is 91.3. The van der Waals surface area contributed by atoms with Gasteiger partial charge in [0.25, 0.3) is 0 Å². The van der Waals surface area contributed by atoms with Crippen molar-refractivity contribution in [3.63, 3.8) is 0 Å². The summed E-state index contributed by atoms with van der Waals surface area (Å²) in [4.78, 5) is 24.8. The maximum Gasteiger partial charge on any atom is 0.306 e. The molecule has 0 fully saturated rings. The van der Waals surface area contributed by atoms with Crippen LogP contribution in [0.25, 0.3) is 0 Å². The van der Waals surface area contributed by atoms with E-state index in [1.165, 1.54) is 372 Å². The van der Waals surface area contributed by atoms with Crippen LogP contribution < -0.4 is 0 Å². The van der Waals surface area contributed by atoms with Gasteiger partial charge in [-0.25, -0.2) is 0 Å². The molecule has 0 aromatic rings. The number of carbonyl (C=O) groups is 2. The van der Waals surface area contributed by atoms with E-state index in [0.717, 1.165) is 64.2 Å². The monoisotopic (exact) mass is 1310 g/mol. The highest BCUT2D eigenvalue weighted by Gasteiger charge is 2.16. The number of aliphatic hydroxyl groups is 1. The lowest BCUT2D eigenvalue weighted by Gasteiger charge is -2.15. The molecule has 0 rings (SSSR count). The van der Waals surface area contributed by atoms with Crippen molar-refractivity contribution in [2.75, 3.05) is 13.2 Å². The summed E-state index contributed by atoms with van der Waals surface area (Å²) in [7, 11) is 0. The highest BCUT2D eigenvalue weighted by Crippen LogP contribution is 2.20. The summed E-state index contributed by atoms with van der Waals surface area (Å²) in [6.07, 6.45) is 119. The van der Waals surface area contributed by atoms with E-state index in [9.17, 15) is 14.7 Å². The van der Waals surface area contributed by atoms with Crippen LogP contribution in [-0.2, 0) is 19.1 Å². The van der Waals surface area contributed by atoms with Crippen molar-refractivity contribution in [1.82, 2.24) is 0 Å². The lowest BCUT2D eigenvalue weighted by atomic mass is 10.0. The molecule has 550 valence electrons. The molecule has 1 unspecified atom stereocenters. The summed E-state index contributed by atoms with van der Waals surface area (Å²) < 4.78 is 10.8. The van der Waals surface area contributed by atoms with Crippen molar-refractivity contribution in [2.24, 2.45) is 0 Å². The highest BCUT2D eigenvalue weighted by molar-refractivity contribution is 5.70. The molecule has 0 aromatic heterocycles. The van der Waals surface area contributed by atoms with E-state index in [-0.39, 0.29) is 25.2 Å². The zero-order valence-electron chi connectivity index (χ0n) is 63.5. The standard InChI is InChI=1S/C89H164O5/c1-3-5-7-9-11-13-15-17-19-21-23-25-27-29-31-33-35-37-39-41-43-44-46-48-50-52-54-56-58-60-62-64-66-68-70-72-74-76-78-80-82-84-89(92)94-87(85-90)86-93-88(91)83-81-79-77-75-73-71-69-67-65-63-61-59-57-55-53-51-49-47-45-42-40-38-36-34-32-30-28-26-24-22-20-18-16-14-12-10-8-6-4-2/h5,7,11,13,17,19,22-25,29,31,87,90H,3-4,6,8-10,12,14-16,18,20-21,26-28,30,32-86H2,1-2H3/b7-5-,13-11-,19-17-,24-22-,25-23-,31-29-. The second-order valence-corrected chi connectivity index (χ2v) is 28.9. The van der Waals surface area contributed by atoms with Gasteiger partial charge in [0.2, 0.25) is 0 Å². The van der Waals surface area contributed by atoms with E-state index < -0.39 is 6.10 Å². The first-order chi connectivity index (χ1) is 46.6. The topological polar surface area (TPSA) is 72.8 Å². The number of hydrogen-bond donors (Lipinski definition) is 1. The van der Waals surface area contributed by atoms with E-state index in [1.807, 2.05) is 0 Å². The minimum Gasteiger partial charge on any atom is -0.462 e. The number of allylic oxidation sites excluding steroid dienone is 12. The van der Waals surface area contributed by atoms with Gasteiger partial charge in [0, 0.05) is 12.8 Å². The van der Waals surface area contributed by atoms with E-state index in [4.69, 9.17) is 9.47 Å². The fourth-order valence-corrected chi connectivity index (χ4v) is 13.2. The van der Waals surface area contributed by atoms with Crippen molar-refractivity contribution in [2.45, 2.75) is 469 Å². The number of unbranched alkanes of at least 4 members (excludes halogenated alkanes) is 60. The number of ether oxygens (including phenoxy) is 2. The van der Waals surface area contributed by atoms with E-state index in [1.54, 1.807) is 0 Å². The average Bonchev–Trinajstić information content (AvgIpc) is 3.77. The molecule has 0 bridgehead atoms. The van der Waals surface area contributed by atoms with Gasteiger partial charge in [-0.2, -0.15) is 0 Å². The number of carbonyl (C=O) groups excluding carboxylic acids is 2. The summed E-state index contributed by atoms with van der Waals surface area (Å²) in [6.45, 7) is 4.09. The smallest absolute Gasteiger partial charge is 0.306 e. The van der Waals surface area contributed by atoms with Gasteiger partial charge in [0.05, 0.1) is 6.61 Å². The third-order valence-corrected chi connectivity index (χ3v) is 19.5. The van der Waals surface area contributed by atoms with Crippen LogP contribution in [0, 0.1) is 0 Å². The first-order valence-corrected chi connectivity index (χ1v) is 42.5. The minimum atomic E-state index is -0.772. The third-order valence-electron chi connectivity index (χ3n) is 19.5. The van der Waals surface area contributed by atoms with Crippen molar-refractivity contribution in [3.05, 3.63) is 72.9 Å².